The lowest BCUT2D eigenvalue weighted by Gasteiger charge is -2.02. The molecule has 1 aliphatic rings. The Morgan fingerprint density at radius 1 is 0.654 bits per heavy atom. The number of fused-ring (bicyclic) bond motifs is 3. The minimum atomic E-state index is -1.14. The number of ketones is 1. The monoisotopic (exact) mass is 360 g/mol. The molecule has 26 heavy (non-hydrogen) atoms. The van der Waals surface area contributed by atoms with E-state index in [1.165, 1.54) is 0 Å². The van der Waals surface area contributed by atoms with E-state index in [2.05, 4.69) is 0 Å². The van der Waals surface area contributed by atoms with Gasteiger partial charge in [-0.15, -0.1) is 0 Å². The van der Waals surface area contributed by atoms with Gasteiger partial charge in [-0.05, 0) is 6.07 Å². The van der Waals surface area contributed by atoms with E-state index in [9.17, 15) is 45.3 Å². The van der Waals surface area contributed by atoms with Gasteiger partial charge < -0.3 is 0 Å². The zero-order chi connectivity index (χ0) is 19.3. The van der Waals surface area contributed by atoms with Gasteiger partial charge in [0, 0.05) is 23.3 Å². The van der Waals surface area contributed by atoms with E-state index in [1.54, 1.807) is 0 Å². The Kier molecular flexibility index (Phi) is 3.42. The Morgan fingerprint density at radius 2 is 1.27 bits per heavy atom. The second-order valence-electron chi connectivity index (χ2n) is 5.10. The summed E-state index contributed by atoms with van der Waals surface area (Å²) in [6, 6.07) is 3.10. The van der Waals surface area contributed by atoms with Crippen LogP contribution >= 0.6 is 0 Å². The van der Waals surface area contributed by atoms with Crippen LogP contribution in [0, 0.1) is 40.5 Å². The Hall–Kier alpha value is -4.29. The summed E-state index contributed by atoms with van der Waals surface area (Å²) in [5, 5.41) is 44.5. The number of non-ortho nitro benzene ring substituents is 1. The first-order valence-corrected chi connectivity index (χ1v) is 6.62. The number of hydrogen-bond acceptors (Lipinski definition) is 9. The van der Waals surface area contributed by atoms with Gasteiger partial charge in [0.05, 0.1) is 31.3 Å². The van der Waals surface area contributed by atoms with E-state index in [0.29, 0.717) is 6.07 Å². The molecule has 0 N–H and O–H groups in total. The summed E-state index contributed by atoms with van der Waals surface area (Å²) >= 11 is 0. The minimum absolute atomic E-state index is 0.260. The molecule has 0 spiro atoms. The number of carbonyl (C=O) groups is 1. The topological polar surface area (TPSA) is 190 Å². The Bertz CT molecular complexity index is 1080. The van der Waals surface area contributed by atoms with Crippen LogP contribution in [0.1, 0.15) is 15.9 Å². The molecule has 0 fully saturated rings. The molecule has 0 radical (unpaired) electrons. The first kappa shape index (κ1) is 16.6. The van der Waals surface area contributed by atoms with Gasteiger partial charge in [0.25, 0.3) is 11.4 Å². The Balaban J connectivity index is 2.46. The molecule has 13 nitrogen and oxygen atoms in total. The van der Waals surface area contributed by atoms with Crippen molar-refractivity contribution in [2.24, 2.45) is 0 Å². The third kappa shape index (κ3) is 2.15. The van der Waals surface area contributed by atoms with Crippen molar-refractivity contribution in [2.45, 2.75) is 0 Å². The Labute approximate surface area is 141 Å². The maximum atomic E-state index is 12.6. The molecule has 0 unspecified atom stereocenters. The fraction of sp³-hybridized carbons (Fsp3) is 0. The number of rotatable bonds is 4. The van der Waals surface area contributed by atoms with Crippen LogP contribution in [-0.2, 0) is 0 Å². The van der Waals surface area contributed by atoms with Gasteiger partial charge in [-0.2, -0.15) is 0 Å². The first-order valence-electron chi connectivity index (χ1n) is 6.62. The SMILES string of the molecule is O=C1c2cc([N+](=O)[O-])cc([N+](=O)[O-])c2-c2ccc([N+](=O)[O-])c([N+](=O)[O-])c21. The van der Waals surface area contributed by atoms with Crippen LogP contribution in [-0.4, -0.2) is 25.5 Å². The summed E-state index contributed by atoms with van der Waals surface area (Å²) in [5.41, 5.74) is -5.45. The smallest absolute Gasteiger partial charge is 0.288 e. The molecule has 0 aromatic heterocycles. The Morgan fingerprint density at radius 3 is 1.77 bits per heavy atom. The zero-order valence-corrected chi connectivity index (χ0v) is 12.3. The van der Waals surface area contributed by atoms with E-state index >= 15 is 0 Å². The van der Waals surface area contributed by atoms with Crippen LogP contribution < -0.4 is 0 Å². The molecule has 2 aromatic carbocycles. The predicted molar refractivity (Wildman–Crippen MR) is 81.9 cm³/mol. The van der Waals surface area contributed by atoms with Crippen molar-refractivity contribution in [3.63, 3.8) is 0 Å². The number of carbonyl (C=O) groups excluding carboxylic acids is 1. The maximum Gasteiger partial charge on any atom is 0.357 e. The molecule has 0 bridgehead atoms. The molecule has 0 aliphatic heterocycles. The fourth-order valence-electron chi connectivity index (χ4n) is 2.81. The van der Waals surface area contributed by atoms with Crippen molar-refractivity contribution >= 4 is 28.5 Å². The third-order valence-corrected chi connectivity index (χ3v) is 3.79. The van der Waals surface area contributed by atoms with Crippen LogP contribution in [0.4, 0.5) is 22.7 Å². The number of benzene rings is 2. The minimum Gasteiger partial charge on any atom is -0.288 e. The van der Waals surface area contributed by atoms with Crippen LogP contribution in [0.3, 0.4) is 0 Å². The second-order valence-corrected chi connectivity index (χ2v) is 5.10. The highest BCUT2D eigenvalue weighted by molar-refractivity contribution is 6.26. The molecule has 0 saturated carbocycles. The van der Waals surface area contributed by atoms with Gasteiger partial charge in [-0.3, -0.25) is 45.3 Å². The lowest BCUT2D eigenvalue weighted by Crippen LogP contribution is -2.05. The fourth-order valence-corrected chi connectivity index (χ4v) is 2.81. The van der Waals surface area contributed by atoms with E-state index < -0.39 is 59.4 Å². The number of nitro benzene ring substituents is 4. The van der Waals surface area contributed by atoms with Gasteiger partial charge >= 0.3 is 11.4 Å². The third-order valence-electron chi connectivity index (χ3n) is 3.79. The summed E-state index contributed by atoms with van der Waals surface area (Å²) in [7, 11) is 0. The number of nitro groups is 4. The molecule has 2 aromatic rings. The summed E-state index contributed by atoms with van der Waals surface area (Å²) in [6.45, 7) is 0. The largest absolute Gasteiger partial charge is 0.357 e. The average Bonchev–Trinajstić information content (AvgIpc) is 2.85. The van der Waals surface area contributed by atoms with Crippen molar-refractivity contribution in [1.82, 2.24) is 0 Å². The standard InChI is InChI=1S/C13H4N4O9/c18-13-7-3-5(14(19)20)4-9(16(23)24)10(7)6-1-2-8(15(21)22)12(11(6)13)17(25)26/h1-4H. The summed E-state index contributed by atoms with van der Waals surface area (Å²) in [6.07, 6.45) is 0. The summed E-state index contributed by atoms with van der Waals surface area (Å²) in [4.78, 5) is 53.0. The number of nitrogens with zero attached hydrogens (tertiary/aromatic N) is 4. The van der Waals surface area contributed by atoms with Crippen molar-refractivity contribution in [1.29, 1.82) is 0 Å². The molecule has 130 valence electrons. The summed E-state index contributed by atoms with van der Waals surface area (Å²) in [5.74, 6) is -1.13. The van der Waals surface area contributed by atoms with Crippen molar-refractivity contribution < 1.29 is 24.5 Å². The number of hydrogen-bond donors (Lipinski definition) is 0. The van der Waals surface area contributed by atoms with Gasteiger partial charge in [-0.1, -0.05) is 0 Å². The van der Waals surface area contributed by atoms with Gasteiger partial charge in [-0.25, -0.2) is 0 Å². The average molecular weight is 360 g/mol. The van der Waals surface area contributed by atoms with Crippen LogP contribution in [0.25, 0.3) is 11.1 Å². The lowest BCUT2D eigenvalue weighted by molar-refractivity contribution is -0.422. The zero-order valence-electron chi connectivity index (χ0n) is 12.3. The molecule has 0 heterocycles. The van der Waals surface area contributed by atoms with Gasteiger partial charge in [0.15, 0.2) is 0 Å². The molecule has 13 heteroatoms. The summed E-state index contributed by atoms with van der Waals surface area (Å²) < 4.78 is 0. The van der Waals surface area contributed by atoms with E-state index in [-0.39, 0.29) is 11.1 Å². The molecular formula is C13H4N4O9. The van der Waals surface area contributed by atoms with E-state index in [4.69, 9.17) is 0 Å². The molecule has 0 amide bonds. The van der Waals surface area contributed by atoms with Crippen LogP contribution in [0.2, 0.25) is 0 Å². The highest BCUT2D eigenvalue weighted by Crippen LogP contribution is 2.49. The lowest BCUT2D eigenvalue weighted by atomic mass is 10.0. The molecule has 0 saturated heterocycles. The highest BCUT2D eigenvalue weighted by atomic mass is 16.6. The van der Waals surface area contributed by atoms with Crippen molar-refractivity contribution in [2.75, 3.05) is 0 Å². The van der Waals surface area contributed by atoms with Crippen molar-refractivity contribution in [3.8, 4) is 11.1 Å². The molecule has 1 aliphatic carbocycles. The van der Waals surface area contributed by atoms with Crippen LogP contribution in [0.5, 0.6) is 0 Å². The second kappa shape index (κ2) is 5.37. The predicted octanol–water partition coefficient (Wildman–Crippen LogP) is 2.53. The van der Waals surface area contributed by atoms with E-state index in [0.717, 1.165) is 18.2 Å². The van der Waals surface area contributed by atoms with Gasteiger partial charge in [0.1, 0.15) is 5.56 Å². The van der Waals surface area contributed by atoms with E-state index in [1.807, 2.05) is 0 Å². The quantitative estimate of drug-likeness (QED) is 0.496. The molecular weight excluding hydrogens is 356 g/mol. The first-order chi connectivity index (χ1) is 12.1. The molecule has 3 rings (SSSR count). The maximum absolute atomic E-state index is 12.6. The van der Waals surface area contributed by atoms with Gasteiger partial charge in [0.2, 0.25) is 5.78 Å². The van der Waals surface area contributed by atoms with Crippen molar-refractivity contribution in [3.05, 3.63) is 75.8 Å². The normalized spacial score (nSPS) is 11.6. The molecule has 0 atom stereocenters. The van der Waals surface area contributed by atoms with Crippen LogP contribution in [0.15, 0.2) is 24.3 Å². The highest BCUT2D eigenvalue weighted by Gasteiger charge is 2.44.